The molecule has 0 unspecified atom stereocenters. The van der Waals surface area contributed by atoms with Crippen LogP contribution in [0.15, 0.2) is 0 Å². The minimum Gasteiger partial charge on any atom is 0 e. The molecule has 52 heavy (non-hydrogen) atoms. The van der Waals surface area contributed by atoms with Crippen molar-refractivity contribution in [3.8, 4) is 0 Å². The molecule has 0 radical (unpaired) electrons. The van der Waals surface area contributed by atoms with E-state index in [1.807, 2.05) is 0 Å². The standard InChI is InChI=1S/52Rf. The van der Waals surface area contributed by atoms with Gasteiger partial charge in [-0.05, 0) is 0 Å². The molecule has 0 bridgehead atoms. The molecule has 0 aliphatic rings. The van der Waals surface area contributed by atoms with Gasteiger partial charge in [-0.15, -0.1) is 0 Å². The van der Waals surface area contributed by atoms with Crippen molar-refractivity contribution in [3.63, 3.8) is 0 Å². The summed E-state index contributed by atoms with van der Waals surface area (Å²) in [5, 5.41) is 0. The van der Waals surface area contributed by atoms with Crippen molar-refractivity contribution in [3.05, 3.63) is 0 Å². The van der Waals surface area contributed by atoms with Crippen LogP contribution in [0.3, 0.4) is 0 Å². The van der Waals surface area contributed by atoms with E-state index < -0.39 is 0 Å². The first kappa shape index (κ1) is 0. The Hall–Kier alpha value is -52.0. The van der Waals surface area contributed by atoms with Gasteiger partial charge < -0.3 is 0 Å². The van der Waals surface area contributed by atoms with Crippen molar-refractivity contribution in [2.24, 2.45) is 0 Å². The predicted molar refractivity (Wildman–Crippen MR) is 0 cm³/mol. The van der Waals surface area contributed by atoms with E-state index in [2.05, 4.69) is 0 Å². The Kier molecular flexibility index (Phi) is 0. The first-order valence-corrected chi connectivity index (χ1v) is 0. The van der Waals surface area contributed by atoms with Gasteiger partial charge in [0.05, 0.1) is 0 Å². The van der Waals surface area contributed by atoms with Crippen LogP contribution in [0.5, 0.6) is 0 Å². The fourth-order valence-corrected chi connectivity index (χ4v) is 0. The minimum atomic E-state index is 0. The zero-order chi connectivity index (χ0) is 0. The average Bonchev–Trinajstić information content (AvgIpc) is 0. The first-order chi connectivity index (χ1) is 0. The molecular weight excluding hydrogens is 13900 g/mol. The molecule has 0 heterocycles. The molecule has 104 valence electrons. The second kappa shape index (κ2) is -0.00148. The second-order valence-electron chi connectivity index (χ2n) is 0. The van der Waals surface area contributed by atoms with E-state index in [9.17, 15) is 0 Å². The van der Waals surface area contributed by atoms with Crippen LogP contribution in [0.1, 0.15) is 0 Å². The molecule has 0 aliphatic heterocycles. The zero-order valence-electron chi connectivity index (χ0n) is 36.8. The third-order valence-electron chi connectivity index (χ3n) is 0. The topological polar surface area (TPSA) is 0 Å². The molecule has 0 spiro atoms. The molecule has 0 aromatic carbocycles. The van der Waals surface area contributed by atoms with Gasteiger partial charge in [-0.2, -0.15) is 0 Å². The third-order valence-corrected chi connectivity index (χ3v) is 0. The molecule has 0 aliphatic carbocycles. The van der Waals surface area contributed by atoms with Gasteiger partial charge in [0.15, 0.2) is 0 Å². The quantitative estimate of drug-likeness (QED) is 0.321. The SMILES string of the molecule is [Rf].[Rf].[Rf].[Rf].[Rf].[Rf].[Rf].[Rf].[Rf].[Rf].[Rf].[Rf].[Rf].[Rf].[Rf].[Rf].[Rf].[Rf].[Rf].[Rf].[Rf].[Rf].[Rf].[Rf].[Rf].[Rf].[Rf].[Rf].[Rf].[Rf].[Rf].[Rf].[Rf].[Rf].[Rf].[Rf].[Rf].[Rf].[Rf].[Rf].[Rf].[Rf].[Rf].[Rf].[Rf].[Rf].[Rf].[Rf].[Rf].[Rf].[Rf].[Rf]. The molecule has 0 amide bonds. The third kappa shape index (κ3) is -0.00666. The van der Waals surface area contributed by atoms with Crippen LogP contribution < -0.4 is 0 Å². The van der Waals surface area contributed by atoms with Crippen LogP contribution in [-0.2, 0) is 0 Å². The molecule has 0 atom stereocenters. The molecule has 0 saturated heterocycles. The van der Waals surface area contributed by atoms with E-state index in [-0.39, 0.29) is 0 Å². The van der Waals surface area contributed by atoms with Crippen molar-refractivity contribution in [1.29, 1.82) is 0 Å². The Morgan fingerprint density at radius 2 is 0.0192 bits per heavy atom. The van der Waals surface area contributed by atoms with E-state index in [0.29, 0.717) is 0 Å². The van der Waals surface area contributed by atoms with Gasteiger partial charge in [0.2, 0.25) is 0 Å². The van der Waals surface area contributed by atoms with Gasteiger partial charge in [0, 0.05) is 0 Å². The van der Waals surface area contributed by atoms with Crippen molar-refractivity contribution in [2.75, 3.05) is 0 Å². The Labute approximate surface area is 0 Å². The number of rotatable bonds is 0. The van der Waals surface area contributed by atoms with Crippen LogP contribution >= 0.6 is 0 Å². The van der Waals surface area contributed by atoms with Crippen LogP contribution in [0.25, 0.3) is 0 Å². The van der Waals surface area contributed by atoms with Gasteiger partial charge in [0.1, 0.15) is 0 Å². The molecule has 0 aromatic rings. The Morgan fingerprint density at radius 3 is 0.0192 bits per heavy atom. The number of hydrogen-bond acceptors (Lipinski definition) is 0. The molecule has 0 nitrogen and oxygen atoms in total. The first-order valence-electron chi connectivity index (χ1n) is 0. The van der Waals surface area contributed by atoms with E-state index in [0.717, 1.165) is 0 Å². The maximum Gasteiger partial charge on any atom is 0 e. The summed E-state index contributed by atoms with van der Waals surface area (Å²) < 4.78 is 0. The molecule has 0 saturated carbocycles. The van der Waals surface area contributed by atoms with Crippen LogP contribution in [0.4, 0.5) is 0 Å². The smallest absolute Gasteiger partial charge is 0 e. The van der Waals surface area contributed by atoms with Gasteiger partial charge >= 0.3 is 0 Å². The van der Waals surface area contributed by atoms with Gasteiger partial charge in [-0.3, -0.25) is 0 Å². The maximum absolute atomic E-state index is 0. The van der Waals surface area contributed by atoms with Crippen LogP contribution in [0, 0.1) is 0 Å². The maximum atomic E-state index is 0. The number of hydrogen-bond donors (Lipinski definition) is 0. The second-order valence-corrected chi connectivity index (χ2v) is 0. The van der Waals surface area contributed by atoms with Gasteiger partial charge in [-0.1, -0.05) is 0 Å². The largest absolute Gasteiger partial charge is 0 e. The van der Waals surface area contributed by atoms with Crippen molar-refractivity contribution >= 4 is 0 Å². The monoisotopic (exact) mass is 13900 g/mol. The summed E-state index contributed by atoms with van der Waals surface area (Å²) in [6.07, 6.45) is 0. The molecule has 52 heteroatoms. The van der Waals surface area contributed by atoms with Gasteiger partial charge in [-0.25, -0.2) is 0 Å². The minimum absolute atomic E-state index is 0. The molecular formula is Rf52. The van der Waals surface area contributed by atoms with E-state index >= 15 is 0 Å². The zero-order valence-corrected chi connectivity index (χ0v) is 370. The fourth-order valence-electron chi connectivity index (χ4n) is 0. The average molecular weight is 13900 g/mol. The van der Waals surface area contributed by atoms with Crippen LogP contribution in [0.2, 0.25) is 0 Å². The van der Waals surface area contributed by atoms with Crippen molar-refractivity contribution in [2.45, 2.75) is 0 Å². The van der Waals surface area contributed by atoms with Crippen molar-refractivity contribution < 1.29 is 0 Å². The van der Waals surface area contributed by atoms with E-state index in [4.69, 9.17) is 0 Å². The molecule has 0 rings (SSSR count). The Morgan fingerprint density at radius 1 is 0.0192 bits per heavy atom. The summed E-state index contributed by atoms with van der Waals surface area (Å²) in [4.78, 5) is 0. The summed E-state index contributed by atoms with van der Waals surface area (Å²) in [6, 6.07) is 0. The van der Waals surface area contributed by atoms with Crippen LogP contribution in [-0.4, -0.2) is 0 Å². The summed E-state index contributed by atoms with van der Waals surface area (Å²) in [5.74, 6) is 0. The van der Waals surface area contributed by atoms with Crippen molar-refractivity contribution in [1.82, 2.24) is 0 Å². The van der Waals surface area contributed by atoms with Gasteiger partial charge in [0.25, 0.3) is 0 Å². The normalized spacial score (nSPS) is 0. The van der Waals surface area contributed by atoms with E-state index in [1.54, 1.807) is 0 Å². The summed E-state index contributed by atoms with van der Waals surface area (Å²) in [6.45, 7) is 0. The predicted octanol–water partition coefficient (Wildman–Crippen LogP) is 0. The molecule has 0 N–H and O–H groups in total. The fraction of sp³-hybridized carbons (Fsp3) is 0. The van der Waals surface area contributed by atoms with E-state index in [1.165, 1.54) is 0 Å². The summed E-state index contributed by atoms with van der Waals surface area (Å²) in [5.41, 5.74) is 0. The molecule has 0 aromatic heterocycles. The Balaban J connectivity index is 0. The molecule has 0 fully saturated rings. The Bertz CT molecular complexity index is 0. The summed E-state index contributed by atoms with van der Waals surface area (Å²) >= 11 is 0. The summed E-state index contributed by atoms with van der Waals surface area (Å²) in [7, 11) is 0.